The van der Waals surface area contributed by atoms with E-state index in [9.17, 15) is 35.1 Å². The normalized spacial score (nSPS) is 18.2. The molecule has 0 aromatic carbocycles. The lowest BCUT2D eigenvalue weighted by Gasteiger charge is -2.41. The number of nitrogens with one attached hydrogen (secondary N) is 1. The molecule has 0 saturated carbocycles. The smallest absolute Gasteiger partial charge is 0.306 e. The molecule has 11 heteroatoms. The van der Waals surface area contributed by atoms with Crippen molar-refractivity contribution >= 4 is 11.9 Å². The summed E-state index contributed by atoms with van der Waals surface area (Å²) in [6, 6.07) is -1.03. The lowest BCUT2D eigenvalue weighted by molar-refractivity contribution is -0.305. The molecule has 0 radical (unpaired) electrons. The minimum absolute atomic E-state index is 0.123. The topological polar surface area (TPSA) is 175 Å². The van der Waals surface area contributed by atoms with Crippen LogP contribution in [0.4, 0.5) is 0 Å². The fourth-order valence-electron chi connectivity index (χ4n) is 12.3. The molecular formula is C83H149NO10. The minimum Gasteiger partial charge on any atom is -0.454 e. The minimum atomic E-state index is -1.62. The van der Waals surface area contributed by atoms with E-state index in [-0.39, 0.29) is 19.4 Å². The number of rotatable bonds is 69. The molecule has 1 saturated heterocycles. The Morgan fingerprint density at radius 1 is 0.415 bits per heavy atom. The van der Waals surface area contributed by atoms with Crippen molar-refractivity contribution < 1.29 is 49.3 Å². The number of allylic oxidation sites excluding steroid dienone is 13. The zero-order valence-electron chi connectivity index (χ0n) is 61.1. The first-order valence-electron chi connectivity index (χ1n) is 39.9. The van der Waals surface area contributed by atoms with Crippen LogP contribution in [0.1, 0.15) is 367 Å². The molecule has 11 nitrogen and oxygen atoms in total. The highest BCUT2D eigenvalue weighted by atomic mass is 16.7. The first-order valence-corrected chi connectivity index (χ1v) is 39.9. The summed E-state index contributed by atoms with van der Waals surface area (Å²) in [4.78, 5) is 26.8. The highest BCUT2D eigenvalue weighted by Crippen LogP contribution is 2.27. The van der Waals surface area contributed by atoms with Gasteiger partial charge in [-0.3, -0.25) is 9.59 Å². The molecule has 8 unspecified atom stereocenters. The third-order valence-electron chi connectivity index (χ3n) is 18.5. The lowest BCUT2D eigenvalue weighted by atomic mass is 9.99. The number of carbonyl (C=O) groups is 2. The zero-order chi connectivity index (χ0) is 68.1. The molecule has 1 amide bonds. The molecular weight excluding hydrogens is 1170 g/mol. The summed E-state index contributed by atoms with van der Waals surface area (Å²) < 4.78 is 17.8. The summed E-state index contributed by atoms with van der Waals surface area (Å²) in [7, 11) is 0. The second kappa shape index (κ2) is 69.7. The first kappa shape index (κ1) is 88.9. The number of hydrogen-bond acceptors (Lipinski definition) is 10. The summed E-state index contributed by atoms with van der Waals surface area (Å²) in [5.41, 5.74) is 0. The van der Waals surface area contributed by atoms with E-state index >= 15 is 0 Å². The number of hydrogen-bond donors (Lipinski definition) is 6. The fourth-order valence-corrected chi connectivity index (χ4v) is 12.3. The van der Waals surface area contributed by atoms with Gasteiger partial charge in [-0.2, -0.15) is 0 Å². The highest BCUT2D eigenvalue weighted by Gasteiger charge is 2.47. The number of carbonyl (C=O) groups excluding carboxylic acids is 2. The molecule has 1 fully saturated rings. The van der Waals surface area contributed by atoms with E-state index in [1.54, 1.807) is 6.08 Å². The van der Waals surface area contributed by atoms with Crippen LogP contribution in [0.5, 0.6) is 0 Å². The van der Waals surface area contributed by atoms with Crippen LogP contribution in [0.3, 0.4) is 0 Å². The van der Waals surface area contributed by atoms with E-state index in [0.29, 0.717) is 12.8 Å². The molecule has 0 spiro atoms. The second-order valence-electron chi connectivity index (χ2n) is 27.4. The van der Waals surface area contributed by atoms with Crippen LogP contribution >= 0.6 is 0 Å². The lowest BCUT2D eigenvalue weighted by Crippen LogP contribution is -2.61. The van der Waals surface area contributed by atoms with Crippen molar-refractivity contribution in [3.63, 3.8) is 0 Å². The summed E-state index contributed by atoms with van der Waals surface area (Å²) in [5.74, 6) is -1.19. The van der Waals surface area contributed by atoms with E-state index in [4.69, 9.17) is 14.2 Å². The van der Waals surface area contributed by atoms with Crippen molar-refractivity contribution in [2.75, 3.05) is 13.2 Å². The molecule has 0 bridgehead atoms. The van der Waals surface area contributed by atoms with Crippen LogP contribution in [0.2, 0.25) is 0 Å². The Labute approximate surface area is 578 Å². The van der Waals surface area contributed by atoms with Gasteiger partial charge in [0.2, 0.25) is 5.91 Å². The number of ether oxygens (including phenoxy) is 3. The first-order chi connectivity index (χ1) is 46.2. The molecule has 1 rings (SSSR count). The van der Waals surface area contributed by atoms with Crippen LogP contribution in [-0.2, 0) is 23.8 Å². The molecule has 0 aromatic heterocycles. The van der Waals surface area contributed by atoms with Gasteiger partial charge in [-0.15, -0.1) is 0 Å². The quantitative estimate of drug-likeness (QED) is 0.0195. The van der Waals surface area contributed by atoms with Crippen LogP contribution in [0.25, 0.3) is 0 Å². The molecule has 0 aliphatic carbocycles. The number of esters is 1. The van der Waals surface area contributed by atoms with Gasteiger partial charge in [-0.1, -0.05) is 343 Å². The largest absolute Gasteiger partial charge is 0.454 e. The number of aliphatic hydroxyl groups excluding tert-OH is 5. The summed E-state index contributed by atoms with van der Waals surface area (Å²) >= 11 is 0. The van der Waals surface area contributed by atoms with Gasteiger partial charge in [0.1, 0.15) is 24.4 Å². The Balaban J connectivity index is 2.49. The average molecular weight is 1320 g/mol. The number of aliphatic hydroxyl groups is 5. The molecule has 1 aliphatic rings. The van der Waals surface area contributed by atoms with Crippen LogP contribution in [-0.4, -0.2) is 99.6 Å². The SMILES string of the molecule is CCCCC/C=C\C/C=C\C/C=C\C/C=C\CCCCCCCCCCCCC(O)C(=O)NC(COC1OC(CO)C(O)C(O)C1OC(=O)CCCCCCCCCCCCCCCCCCC/C=C\C/C=C\CCCCC)C(O)/C=C/CCCCCCCCCCCC. The summed E-state index contributed by atoms with van der Waals surface area (Å²) in [6.45, 7) is 5.79. The van der Waals surface area contributed by atoms with E-state index in [1.165, 1.54) is 231 Å². The monoisotopic (exact) mass is 1320 g/mol. The Hall–Kier alpha value is -3.16. The third kappa shape index (κ3) is 55.8. The molecule has 1 heterocycles. The Morgan fingerprint density at radius 3 is 1.12 bits per heavy atom. The van der Waals surface area contributed by atoms with Crippen molar-refractivity contribution in [1.82, 2.24) is 5.32 Å². The van der Waals surface area contributed by atoms with Crippen molar-refractivity contribution in [3.8, 4) is 0 Å². The number of amides is 1. The predicted molar refractivity (Wildman–Crippen MR) is 398 cm³/mol. The van der Waals surface area contributed by atoms with Gasteiger partial charge in [0.15, 0.2) is 12.4 Å². The third-order valence-corrected chi connectivity index (χ3v) is 18.5. The highest BCUT2D eigenvalue weighted by molar-refractivity contribution is 5.80. The van der Waals surface area contributed by atoms with Gasteiger partial charge < -0.3 is 45.1 Å². The van der Waals surface area contributed by atoms with Gasteiger partial charge >= 0.3 is 5.97 Å². The Morgan fingerprint density at radius 2 is 0.734 bits per heavy atom. The van der Waals surface area contributed by atoms with E-state index in [1.807, 2.05) is 6.08 Å². The maximum absolute atomic E-state index is 13.5. The Kier molecular flexibility index (Phi) is 65.9. The van der Waals surface area contributed by atoms with Gasteiger partial charge in [0.25, 0.3) is 0 Å². The second-order valence-corrected chi connectivity index (χ2v) is 27.4. The molecule has 0 aromatic rings. The Bertz CT molecular complexity index is 1860. The standard InChI is InChI=1S/C83H149NO10/c1-4-7-10-13-16-19-22-25-27-29-31-33-35-37-39-41-43-45-47-49-51-53-56-59-62-65-68-71-78(88)94-81-80(90)79(89)77(72-85)93-83(81)92-73-74(75(86)69-66-63-60-57-54-24-21-18-15-12-9-6-3)84-82(91)76(87)70-67-64-61-58-55-52-50-48-46-44-42-40-38-36-34-32-30-28-26-23-20-17-14-11-8-5-2/h16-17,19-20,25-28,32,34,38,40,66,69,74-77,79-81,83,85-87,89-90H,4-15,18,21-24,29-31,33,35-37,39,41-65,67-68,70-73H2,1-3H3,(H,84,91)/b19-16-,20-17-,27-25-,28-26-,34-32-,40-38-,69-66+. The van der Waals surface area contributed by atoms with Crippen LogP contribution in [0, 0.1) is 0 Å². The molecule has 94 heavy (non-hydrogen) atoms. The maximum Gasteiger partial charge on any atom is 0.306 e. The van der Waals surface area contributed by atoms with Gasteiger partial charge in [-0.25, -0.2) is 0 Å². The number of unbranched alkanes of at least 4 members (excludes halogenated alkanes) is 43. The predicted octanol–water partition coefficient (Wildman–Crippen LogP) is 21.6. The molecule has 1 aliphatic heterocycles. The molecule has 6 N–H and O–H groups in total. The van der Waals surface area contributed by atoms with Gasteiger partial charge in [-0.05, 0) is 103 Å². The average Bonchev–Trinajstić information content (AvgIpc) is 0.828. The zero-order valence-corrected chi connectivity index (χ0v) is 61.1. The van der Waals surface area contributed by atoms with Crippen molar-refractivity contribution in [1.29, 1.82) is 0 Å². The molecule has 546 valence electrons. The van der Waals surface area contributed by atoms with Crippen LogP contribution < -0.4 is 5.32 Å². The van der Waals surface area contributed by atoms with Crippen molar-refractivity contribution in [2.24, 2.45) is 0 Å². The van der Waals surface area contributed by atoms with Crippen molar-refractivity contribution in [3.05, 3.63) is 85.1 Å². The van der Waals surface area contributed by atoms with E-state index < -0.39 is 67.4 Å². The summed E-state index contributed by atoms with van der Waals surface area (Å²) in [6.07, 6.45) is 83.5. The van der Waals surface area contributed by atoms with E-state index in [2.05, 4.69) is 99.0 Å². The fraction of sp³-hybridized carbons (Fsp3) is 0.807. The summed E-state index contributed by atoms with van der Waals surface area (Å²) in [5, 5.41) is 57.4. The maximum atomic E-state index is 13.5. The van der Waals surface area contributed by atoms with Crippen molar-refractivity contribution in [2.45, 2.75) is 416 Å². The van der Waals surface area contributed by atoms with E-state index in [0.717, 1.165) is 89.9 Å². The molecule has 8 atom stereocenters. The van der Waals surface area contributed by atoms with Gasteiger partial charge in [0, 0.05) is 6.42 Å². The van der Waals surface area contributed by atoms with Gasteiger partial charge in [0.05, 0.1) is 25.4 Å². The van der Waals surface area contributed by atoms with Crippen LogP contribution in [0.15, 0.2) is 85.1 Å².